The number of hydrazone groups is 1. The topological polar surface area (TPSA) is 90.8 Å². The Morgan fingerprint density at radius 1 is 1.17 bits per heavy atom. The molecule has 2 aromatic carbocycles. The molecule has 0 unspecified atom stereocenters. The number of halogens is 1. The summed E-state index contributed by atoms with van der Waals surface area (Å²) in [5.74, 6) is -2.22. The van der Waals surface area contributed by atoms with Gasteiger partial charge >= 0.3 is 0 Å². The maximum Gasteiger partial charge on any atom is 0.274 e. The van der Waals surface area contributed by atoms with Crippen molar-refractivity contribution in [1.29, 1.82) is 0 Å². The van der Waals surface area contributed by atoms with E-state index in [2.05, 4.69) is 10.5 Å². The molecule has 0 saturated heterocycles. The van der Waals surface area contributed by atoms with Crippen molar-refractivity contribution in [1.82, 2.24) is 5.43 Å². The molecule has 0 aliphatic carbocycles. The number of carbonyl (C=O) groups is 2. The predicted molar refractivity (Wildman–Crippen MR) is 83.0 cm³/mol. The Bertz CT molecular complexity index is 772. The first-order chi connectivity index (χ1) is 11.5. The smallest absolute Gasteiger partial charge is 0.274 e. The fraction of sp³-hybridized carbons (Fsp3) is 0.118. The number of carboxylic acids is 1. The molecule has 6 nitrogen and oxygen atoms in total. The van der Waals surface area contributed by atoms with E-state index < -0.39 is 24.3 Å². The van der Waals surface area contributed by atoms with Gasteiger partial charge in [0.25, 0.3) is 5.91 Å². The lowest BCUT2D eigenvalue weighted by atomic mass is 10.1. The molecule has 0 aromatic heterocycles. The highest BCUT2D eigenvalue weighted by atomic mass is 19.1. The largest absolute Gasteiger partial charge is 0.546 e. The van der Waals surface area contributed by atoms with Gasteiger partial charge in [-0.1, -0.05) is 12.1 Å². The minimum Gasteiger partial charge on any atom is -0.546 e. The lowest BCUT2D eigenvalue weighted by Gasteiger charge is -2.08. The van der Waals surface area contributed by atoms with Crippen LogP contribution in [0.2, 0.25) is 0 Å². The second kappa shape index (κ2) is 7.87. The second-order valence-electron chi connectivity index (χ2n) is 4.80. The minimum atomic E-state index is -1.31. The Morgan fingerprint density at radius 2 is 1.83 bits per heavy atom. The molecular weight excluding hydrogens is 315 g/mol. The lowest BCUT2D eigenvalue weighted by Crippen LogP contribution is -2.28. The fourth-order valence-electron chi connectivity index (χ4n) is 1.84. The summed E-state index contributed by atoms with van der Waals surface area (Å²) in [7, 11) is 0. The third-order valence-electron chi connectivity index (χ3n) is 3.07. The third-order valence-corrected chi connectivity index (χ3v) is 3.07. The maximum absolute atomic E-state index is 13.5. The van der Waals surface area contributed by atoms with Crippen LogP contribution in [-0.2, 0) is 4.79 Å². The molecule has 24 heavy (non-hydrogen) atoms. The van der Waals surface area contributed by atoms with Gasteiger partial charge in [0.2, 0.25) is 0 Å². The van der Waals surface area contributed by atoms with Gasteiger partial charge in [-0.25, -0.2) is 9.82 Å². The molecule has 0 fully saturated rings. The van der Waals surface area contributed by atoms with Crippen molar-refractivity contribution in [3.8, 4) is 5.75 Å². The van der Waals surface area contributed by atoms with Crippen LogP contribution in [0.25, 0.3) is 0 Å². The van der Waals surface area contributed by atoms with E-state index >= 15 is 0 Å². The number of rotatable bonds is 6. The lowest BCUT2D eigenvalue weighted by molar-refractivity contribution is -0.307. The summed E-state index contributed by atoms with van der Waals surface area (Å²) in [6.45, 7) is 1.13. The van der Waals surface area contributed by atoms with Crippen molar-refractivity contribution < 1.29 is 23.8 Å². The van der Waals surface area contributed by atoms with Gasteiger partial charge in [-0.05, 0) is 48.9 Å². The van der Waals surface area contributed by atoms with Crippen LogP contribution < -0.4 is 15.3 Å². The van der Waals surface area contributed by atoms with Gasteiger partial charge in [0.15, 0.2) is 0 Å². The number of hydrogen-bond donors (Lipinski definition) is 1. The van der Waals surface area contributed by atoms with Crippen molar-refractivity contribution in [3.05, 3.63) is 65.5 Å². The molecule has 0 heterocycles. The minimum absolute atomic E-state index is 0.0971. The number of amides is 1. The van der Waals surface area contributed by atoms with Crippen LogP contribution in [0.1, 0.15) is 22.8 Å². The summed E-state index contributed by atoms with van der Waals surface area (Å²) in [6, 6.07) is 12.0. The molecule has 0 saturated carbocycles. The second-order valence-corrected chi connectivity index (χ2v) is 4.80. The van der Waals surface area contributed by atoms with Crippen LogP contribution in [0.15, 0.2) is 53.6 Å². The van der Waals surface area contributed by atoms with Crippen molar-refractivity contribution in [2.75, 3.05) is 6.61 Å². The van der Waals surface area contributed by atoms with Crippen LogP contribution in [0.5, 0.6) is 5.75 Å². The van der Waals surface area contributed by atoms with Crippen molar-refractivity contribution in [3.63, 3.8) is 0 Å². The quantitative estimate of drug-likeness (QED) is 0.635. The molecule has 0 atom stereocenters. The zero-order valence-electron chi connectivity index (χ0n) is 12.8. The Balaban J connectivity index is 2.01. The molecular formula is C17H14FN2O4-. The molecule has 0 aliphatic rings. The van der Waals surface area contributed by atoms with Crippen LogP contribution >= 0.6 is 0 Å². The van der Waals surface area contributed by atoms with Gasteiger partial charge in [-0.3, -0.25) is 4.79 Å². The molecule has 2 rings (SSSR count). The molecule has 2 aromatic rings. The van der Waals surface area contributed by atoms with E-state index in [1.165, 1.54) is 18.2 Å². The highest BCUT2D eigenvalue weighted by molar-refractivity contribution is 6.01. The number of ether oxygens (including phenoxy) is 1. The van der Waals surface area contributed by atoms with Gasteiger partial charge in [0.1, 0.15) is 18.2 Å². The van der Waals surface area contributed by atoms with Crippen LogP contribution in [0.3, 0.4) is 0 Å². The number of aliphatic carboxylic acids is 1. The molecule has 0 spiro atoms. The van der Waals surface area contributed by atoms with E-state index in [9.17, 15) is 19.1 Å². The van der Waals surface area contributed by atoms with Gasteiger partial charge in [0, 0.05) is 0 Å². The molecule has 1 N–H and O–H groups in total. The molecule has 0 radical (unpaired) electrons. The summed E-state index contributed by atoms with van der Waals surface area (Å²) in [5.41, 5.74) is 3.36. The SMILES string of the molecule is C/C(=N/NC(=O)c1ccccc1F)c1ccc(OCC(=O)[O-])cc1. The first-order valence-corrected chi connectivity index (χ1v) is 6.99. The number of nitrogens with one attached hydrogen (secondary N) is 1. The Morgan fingerprint density at radius 3 is 2.46 bits per heavy atom. The summed E-state index contributed by atoms with van der Waals surface area (Å²) < 4.78 is 18.4. The van der Waals surface area contributed by atoms with E-state index in [0.717, 1.165) is 0 Å². The van der Waals surface area contributed by atoms with E-state index in [4.69, 9.17) is 4.74 Å². The van der Waals surface area contributed by atoms with Crippen LogP contribution in [0, 0.1) is 5.82 Å². The number of hydrogen-bond acceptors (Lipinski definition) is 5. The van der Waals surface area contributed by atoms with E-state index in [1.54, 1.807) is 37.3 Å². The predicted octanol–water partition coefficient (Wildman–Crippen LogP) is 1.11. The zero-order valence-corrected chi connectivity index (χ0v) is 12.8. The van der Waals surface area contributed by atoms with Gasteiger partial charge in [-0.15, -0.1) is 0 Å². The first kappa shape index (κ1) is 17.1. The summed E-state index contributed by atoms with van der Waals surface area (Å²) in [4.78, 5) is 22.2. The van der Waals surface area contributed by atoms with Crippen molar-refractivity contribution in [2.24, 2.45) is 5.10 Å². The molecule has 7 heteroatoms. The molecule has 0 aliphatic heterocycles. The van der Waals surface area contributed by atoms with Crippen LogP contribution in [-0.4, -0.2) is 24.2 Å². The average Bonchev–Trinajstić information content (AvgIpc) is 2.58. The zero-order chi connectivity index (χ0) is 17.5. The average molecular weight is 329 g/mol. The van der Waals surface area contributed by atoms with Gasteiger partial charge < -0.3 is 14.6 Å². The normalized spacial score (nSPS) is 11.0. The maximum atomic E-state index is 13.5. The molecule has 124 valence electrons. The van der Waals surface area contributed by atoms with E-state index in [1.807, 2.05) is 0 Å². The Hall–Kier alpha value is -3.22. The van der Waals surface area contributed by atoms with Crippen molar-refractivity contribution in [2.45, 2.75) is 6.92 Å². The molecule has 0 bridgehead atoms. The highest BCUT2D eigenvalue weighted by Crippen LogP contribution is 2.13. The van der Waals surface area contributed by atoms with Gasteiger partial charge in [-0.2, -0.15) is 5.10 Å². The van der Waals surface area contributed by atoms with Crippen LogP contribution in [0.4, 0.5) is 4.39 Å². The number of nitrogens with zero attached hydrogens (tertiary/aromatic N) is 1. The first-order valence-electron chi connectivity index (χ1n) is 6.99. The Kier molecular flexibility index (Phi) is 5.62. The number of carboxylic acid groups (broad SMARTS) is 1. The summed E-state index contributed by atoms with van der Waals surface area (Å²) in [5, 5.41) is 14.2. The van der Waals surface area contributed by atoms with E-state index in [0.29, 0.717) is 17.0 Å². The summed E-state index contributed by atoms with van der Waals surface area (Å²) in [6.07, 6.45) is 0. The number of carbonyl (C=O) groups excluding carboxylic acids is 2. The van der Waals surface area contributed by atoms with Gasteiger partial charge in [0.05, 0.1) is 17.2 Å². The fourth-order valence-corrected chi connectivity index (χ4v) is 1.84. The standard InChI is InChI=1S/C17H15FN2O4/c1-11(12-6-8-13(9-7-12)24-10-16(21)22)19-20-17(23)14-4-2-3-5-15(14)18/h2-9H,10H2,1H3,(H,20,23)(H,21,22)/p-1/b19-11-. The monoisotopic (exact) mass is 329 g/mol. The Labute approximate surface area is 137 Å². The van der Waals surface area contributed by atoms with Crippen molar-refractivity contribution >= 4 is 17.6 Å². The third kappa shape index (κ3) is 4.64. The summed E-state index contributed by atoms with van der Waals surface area (Å²) >= 11 is 0. The number of benzene rings is 2. The highest BCUT2D eigenvalue weighted by Gasteiger charge is 2.10. The van der Waals surface area contributed by atoms with E-state index in [-0.39, 0.29) is 5.56 Å². The molecule has 1 amide bonds.